The fourth-order valence-electron chi connectivity index (χ4n) is 2.22. The van der Waals surface area contributed by atoms with Crippen LogP contribution >= 0.6 is 0 Å². The quantitative estimate of drug-likeness (QED) is 0.587. The molecule has 1 heterocycles. The van der Waals surface area contributed by atoms with Crippen molar-refractivity contribution in [1.29, 1.82) is 0 Å². The Balaban J connectivity index is 2.33. The first-order valence-electron chi connectivity index (χ1n) is 5.73. The van der Waals surface area contributed by atoms with Gasteiger partial charge in [0.2, 0.25) is 0 Å². The van der Waals surface area contributed by atoms with Crippen molar-refractivity contribution >= 4 is 12.9 Å². The lowest BCUT2D eigenvalue weighted by Gasteiger charge is -2.29. The SMILES string of the molecule is CB(O)CCCC1CCNCC1C(=O)O. The van der Waals surface area contributed by atoms with Crippen molar-refractivity contribution in [2.75, 3.05) is 13.1 Å². The van der Waals surface area contributed by atoms with E-state index in [2.05, 4.69) is 5.32 Å². The van der Waals surface area contributed by atoms with Crippen LogP contribution < -0.4 is 5.32 Å². The molecule has 0 saturated carbocycles. The van der Waals surface area contributed by atoms with E-state index in [0.717, 1.165) is 32.1 Å². The second-order valence-electron chi connectivity index (χ2n) is 4.48. The van der Waals surface area contributed by atoms with E-state index < -0.39 is 5.97 Å². The van der Waals surface area contributed by atoms with Gasteiger partial charge in [0.1, 0.15) is 0 Å². The monoisotopic (exact) mass is 213 g/mol. The van der Waals surface area contributed by atoms with Gasteiger partial charge in [-0.25, -0.2) is 0 Å². The van der Waals surface area contributed by atoms with Crippen molar-refractivity contribution in [1.82, 2.24) is 5.32 Å². The van der Waals surface area contributed by atoms with Crippen molar-refractivity contribution in [2.24, 2.45) is 11.8 Å². The molecule has 0 aliphatic carbocycles. The predicted molar refractivity (Wildman–Crippen MR) is 60.0 cm³/mol. The summed E-state index contributed by atoms with van der Waals surface area (Å²) in [4.78, 5) is 11.0. The van der Waals surface area contributed by atoms with Crippen molar-refractivity contribution in [3.05, 3.63) is 0 Å². The predicted octanol–water partition coefficient (Wildman–Crippen LogP) is 0.690. The minimum Gasteiger partial charge on any atom is -0.481 e. The Morgan fingerprint density at radius 2 is 2.33 bits per heavy atom. The fraction of sp³-hybridized carbons (Fsp3) is 0.900. The van der Waals surface area contributed by atoms with Gasteiger partial charge in [0, 0.05) is 6.54 Å². The van der Waals surface area contributed by atoms with E-state index in [9.17, 15) is 4.79 Å². The molecule has 2 unspecified atom stereocenters. The number of carboxylic acids is 1. The molecule has 0 aromatic heterocycles. The molecule has 1 aliphatic rings. The molecular formula is C10H20BNO3. The van der Waals surface area contributed by atoms with Crippen LogP contribution in [0.15, 0.2) is 0 Å². The van der Waals surface area contributed by atoms with Crippen LogP contribution in [-0.4, -0.2) is 36.1 Å². The van der Waals surface area contributed by atoms with Crippen LogP contribution in [0.4, 0.5) is 0 Å². The number of aliphatic carboxylic acids is 1. The lowest BCUT2D eigenvalue weighted by molar-refractivity contribution is -0.144. The van der Waals surface area contributed by atoms with E-state index in [1.165, 1.54) is 0 Å². The van der Waals surface area contributed by atoms with Gasteiger partial charge in [-0.2, -0.15) is 0 Å². The highest BCUT2D eigenvalue weighted by Gasteiger charge is 2.30. The first-order valence-corrected chi connectivity index (χ1v) is 5.73. The minimum atomic E-state index is -0.691. The van der Waals surface area contributed by atoms with Crippen molar-refractivity contribution in [3.63, 3.8) is 0 Å². The molecule has 1 fully saturated rings. The smallest absolute Gasteiger partial charge is 0.308 e. The van der Waals surface area contributed by atoms with Gasteiger partial charge in [0.15, 0.2) is 0 Å². The number of carbonyl (C=O) groups is 1. The van der Waals surface area contributed by atoms with E-state index >= 15 is 0 Å². The molecule has 5 heteroatoms. The highest BCUT2D eigenvalue weighted by atomic mass is 16.4. The Hall–Kier alpha value is -0.545. The zero-order valence-corrected chi connectivity index (χ0v) is 9.28. The highest BCUT2D eigenvalue weighted by molar-refractivity contribution is 6.48. The molecule has 1 saturated heterocycles. The number of rotatable bonds is 5. The molecule has 86 valence electrons. The molecule has 1 aliphatic heterocycles. The van der Waals surface area contributed by atoms with Crippen LogP contribution in [0, 0.1) is 11.8 Å². The van der Waals surface area contributed by atoms with Gasteiger partial charge >= 0.3 is 5.97 Å². The molecule has 0 bridgehead atoms. The van der Waals surface area contributed by atoms with Gasteiger partial charge in [-0.05, 0) is 25.2 Å². The summed E-state index contributed by atoms with van der Waals surface area (Å²) in [7, 11) is 0. The highest BCUT2D eigenvalue weighted by Crippen LogP contribution is 2.25. The second kappa shape index (κ2) is 6.13. The maximum absolute atomic E-state index is 11.0. The average Bonchev–Trinajstić information content (AvgIpc) is 2.17. The first kappa shape index (κ1) is 12.5. The molecule has 4 nitrogen and oxygen atoms in total. The third-order valence-corrected chi connectivity index (χ3v) is 3.14. The molecule has 0 amide bonds. The molecule has 0 spiro atoms. The zero-order valence-electron chi connectivity index (χ0n) is 9.28. The fourth-order valence-corrected chi connectivity index (χ4v) is 2.22. The van der Waals surface area contributed by atoms with Gasteiger partial charge < -0.3 is 15.4 Å². The molecule has 1 rings (SSSR count). The number of carboxylic acid groups (broad SMARTS) is 1. The Labute approximate surface area is 91.2 Å². The van der Waals surface area contributed by atoms with Crippen molar-refractivity contribution < 1.29 is 14.9 Å². The number of hydrogen-bond acceptors (Lipinski definition) is 3. The summed E-state index contributed by atoms with van der Waals surface area (Å²) in [6.45, 7) is 3.02. The van der Waals surface area contributed by atoms with E-state index in [1.807, 2.05) is 0 Å². The lowest BCUT2D eigenvalue weighted by Crippen LogP contribution is -2.40. The van der Waals surface area contributed by atoms with E-state index in [1.54, 1.807) is 6.82 Å². The first-order chi connectivity index (χ1) is 7.11. The maximum Gasteiger partial charge on any atom is 0.308 e. The Kier molecular flexibility index (Phi) is 5.12. The summed E-state index contributed by atoms with van der Waals surface area (Å²) in [5.74, 6) is -0.653. The molecule has 0 radical (unpaired) electrons. The summed E-state index contributed by atoms with van der Waals surface area (Å²) in [6.07, 6.45) is 3.56. The van der Waals surface area contributed by atoms with Crippen LogP contribution in [0.1, 0.15) is 19.3 Å². The number of hydrogen-bond donors (Lipinski definition) is 3. The van der Waals surface area contributed by atoms with Gasteiger partial charge in [0.05, 0.1) is 5.92 Å². The topological polar surface area (TPSA) is 69.6 Å². The van der Waals surface area contributed by atoms with Crippen LogP contribution in [0.25, 0.3) is 0 Å². The molecular weight excluding hydrogens is 193 g/mol. The van der Waals surface area contributed by atoms with Crippen LogP contribution in [0.5, 0.6) is 0 Å². The average molecular weight is 213 g/mol. The van der Waals surface area contributed by atoms with Gasteiger partial charge in [0.25, 0.3) is 6.92 Å². The van der Waals surface area contributed by atoms with Crippen LogP contribution in [0.2, 0.25) is 13.1 Å². The molecule has 15 heavy (non-hydrogen) atoms. The largest absolute Gasteiger partial charge is 0.481 e. The Bertz CT molecular complexity index is 211. The molecule has 0 aromatic carbocycles. The van der Waals surface area contributed by atoms with Crippen LogP contribution in [-0.2, 0) is 4.79 Å². The molecule has 2 atom stereocenters. The van der Waals surface area contributed by atoms with Crippen molar-refractivity contribution in [2.45, 2.75) is 32.4 Å². The Morgan fingerprint density at radius 3 is 2.93 bits per heavy atom. The summed E-state index contributed by atoms with van der Waals surface area (Å²) >= 11 is 0. The Morgan fingerprint density at radius 1 is 1.60 bits per heavy atom. The third-order valence-electron chi connectivity index (χ3n) is 3.14. The molecule has 0 aromatic rings. The summed E-state index contributed by atoms with van der Waals surface area (Å²) in [5, 5.41) is 21.3. The third kappa shape index (κ3) is 4.22. The van der Waals surface area contributed by atoms with E-state index in [-0.39, 0.29) is 18.8 Å². The minimum absolute atomic E-state index is 0.243. The summed E-state index contributed by atoms with van der Waals surface area (Å²) < 4.78 is 0. The normalized spacial score (nSPS) is 26.3. The van der Waals surface area contributed by atoms with E-state index in [0.29, 0.717) is 6.54 Å². The number of piperidine rings is 1. The maximum atomic E-state index is 11.0. The molecule has 3 N–H and O–H groups in total. The zero-order chi connectivity index (χ0) is 11.3. The lowest BCUT2D eigenvalue weighted by atomic mass is 9.66. The van der Waals surface area contributed by atoms with Crippen LogP contribution in [0.3, 0.4) is 0 Å². The van der Waals surface area contributed by atoms with Gasteiger partial charge in [-0.15, -0.1) is 0 Å². The van der Waals surface area contributed by atoms with Crippen molar-refractivity contribution in [3.8, 4) is 0 Å². The summed E-state index contributed by atoms with van der Waals surface area (Å²) in [5.41, 5.74) is 0. The van der Waals surface area contributed by atoms with Gasteiger partial charge in [-0.3, -0.25) is 4.79 Å². The van der Waals surface area contributed by atoms with Gasteiger partial charge in [-0.1, -0.05) is 19.7 Å². The van der Waals surface area contributed by atoms with E-state index in [4.69, 9.17) is 10.1 Å². The summed E-state index contributed by atoms with van der Waals surface area (Å²) in [6, 6.07) is 0. The number of nitrogens with one attached hydrogen (secondary N) is 1. The second-order valence-corrected chi connectivity index (χ2v) is 4.48. The standard InChI is InChI=1S/C10H20BNO3/c1-11(15)5-2-3-8-4-6-12-7-9(8)10(13)14/h8-9,12,15H,2-7H2,1H3,(H,13,14).